The summed E-state index contributed by atoms with van der Waals surface area (Å²) in [6, 6.07) is 9.36. The highest BCUT2D eigenvalue weighted by atomic mass is 19.4. The lowest BCUT2D eigenvalue weighted by molar-refractivity contribution is -0.141. The number of carboxylic acid groups (broad SMARTS) is 1. The van der Waals surface area contributed by atoms with Crippen molar-refractivity contribution >= 4 is 11.7 Å². The molecule has 0 amide bonds. The predicted octanol–water partition coefficient (Wildman–Crippen LogP) is 4.14. The molecular formula is C17H14F3NO3. The van der Waals surface area contributed by atoms with Gasteiger partial charge in [0.05, 0.1) is 11.3 Å². The van der Waals surface area contributed by atoms with E-state index in [1.54, 1.807) is 30.3 Å². The molecule has 0 saturated heterocycles. The molecule has 1 aliphatic rings. The fourth-order valence-corrected chi connectivity index (χ4v) is 3.18. The summed E-state index contributed by atoms with van der Waals surface area (Å²) >= 11 is 0. The van der Waals surface area contributed by atoms with Gasteiger partial charge in [0.1, 0.15) is 0 Å². The van der Waals surface area contributed by atoms with Crippen LogP contribution in [-0.2, 0) is 11.0 Å². The Bertz CT molecular complexity index is 790. The van der Waals surface area contributed by atoms with E-state index in [1.807, 2.05) is 0 Å². The lowest BCUT2D eigenvalue weighted by Crippen LogP contribution is -2.37. The van der Waals surface area contributed by atoms with Crippen molar-refractivity contribution in [3.63, 3.8) is 0 Å². The second-order valence-electron chi connectivity index (χ2n) is 5.74. The van der Waals surface area contributed by atoms with E-state index in [0.717, 1.165) is 6.07 Å². The molecule has 24 heavy (non-hydrogen) atoms. The summed E-state index contributed by atoms with van der Waals surface area (Å²) in [5, 5.41) is 19.8. The maximum atomic E-state index is 13.5. The van der Waals surface area contributed by atoms with E-state index in [2.05, 4.69) is 0 Å². The molecule has 0 saturated carbocycles. The molecule has 2 unspecified atom stereocenters. The molecule has 1 aliphatic heterocycles. The zero-order valence-electron chi connectivity index (χ0n) is 12.6. The summed E-state index contributed by atoms with van der Waals surface area (Å²) in [5.74, 6) is -2.38. The number of hydroxylamine groups is 1. The quantitative estimate of drug-likeness (QED) is 0.865. The summed E-state index contributed by atoms with van der Waals surface area (Å²) < 4.78 is 40.6. The van der Waals surface area contributed by atoms with Crippen LogP contribution in [0.5, 0.6) is 0 Å². The third-order valence-corrected chi connectivity index (χ3v) is 4.26. The average molecular weight is 337 g/mol. The molecule has 2 N–H and O–H groups in total. The van der Waals surface area contributed by atoms with Crippen LogP contribution in [0.1, 0.15) is 24.0 Å². The number of nitrogens with zero attached hydrogens (tertiary/aromatic N) is 1. The maximum Gasteiger partial charge on any atom is 0.416 e. The molecular weight excluding hydrogens is 323 g/mol. The van der Waals surface area contributed by atoms with Gasteiger partial charge in [-0.25, -0.2) is 9.86 Å². The van der Waals surface area contributed by atoms with Gasteiger partial charge in [0.25, 0.3) is 0 Å². The van der Waals surface area contributed by atoms with Gasteiger partial charge in [0, 0.05) is 5.92 Å². The standard InChI is InChI=1S/C17H14F3NO3/c1-9-14-12(17(18,19)20)7-11(10-5-3-2-4-6-10)8-13(14)21(24)15(9)16(22)23/h2-9,15,24H,1H3,(H,22,23). The van der Waals surface area contributed by atoms with E-state index in [-0.39, 0.29) is 16.8 Å². The molecule has 4 nitrogen and oxygen atoms in total. The Balaban J connectivity index is 2.26. The number of anilines is 1. The lowest BCUT2D eigenvalue weighted by atomic mass is 9.90. The summed E-state index contributed by atoms with van der Waals surface area (Å²) in [4.78, 5) is 11.3. The van der Waals surface area contributed by atoms with Gasteiger partial charge in [0.15, 0.2) is 6.04 Å². The van der Waals surface area contributed by atoms with E-state index in [4.69, 9.17) is 0 Å². The molecule has 0 aromatic heterocycles. The number of carbonyl (C=O) groups is 1. The van der Waals surface area contributed by atoms with Crippen molar-refractivity contribution in [2.75, 3.05) is 5.06 Å². The molecule has 2 aromatic carbocycles. The first kappa shape index (κ1) is 16.3. The zero-order chi connectivity index (χ0) is 17.6. The number of carboxylic acids is 1. The lowest BCUT2D eigenvalue weighted by Gasteiger charge is -2.18. The summed E-state index contributed by atoms with van der Waals surface area (Å²) in [6.07, 6.45) is -4.66. The molecule has 0 bridgehead atoms. The highest BCUT2D eigenvalue weighted by Crippen LogP contribution is 2.48. The third-order valence-electron chi connectivity index (χ3n) is 4.26. The normalized spacial score (nSPS) is 20.1. The van der Waals surface area contributed by atoms with Gasteiger partial charge in [-0.15, -0.1) is 0 Å². The maximum absolute atomic E-state index is 13.5. The van der Waals surface area contributed by atoms with Crippen molar-refractivity contribution in [2.24, 2.45) is 0 Å². The van der Waals surface area contributed by atoms with Gasteiger partial charge in [-0.3, -0.25) is 5.21 Å². The van der Waals surface area contributed by atoms with Crippen LogP contribution in [-0.4, -0.2) is 22.3 Å². The molecule has 2 atom stereocenters. The first-order valence-corrected chi connectivity index (χ1v) is 7.23. The monoisotopic (exact) mass is 337 g/mol. The van der Waals surface area contributed by atoms with Crippen LogP contribution >= 0.6 is 0 Å². The minimum atomic E-state index is -4.66. The van der Waals surface area contributed by atoms with Crippen molar-refractivity contribution in [3.8, 4) is 11.1 Å². The molecule has 2 aromatic rings. The minimum Gasteiger partial charge on any atom is -0.480 e. The SMILES string of the molecule is CC1c2c(cc(-c3ccccc3)cc2C(F)(F)F)N(O)C1C(=O)O. The second-order valence-corrected chi connectivity index (χ2v) is 5.74. The number of hydrogen-bond acceptors (Lipinski definition) is 3. The van der Waals surface area contributed by atoms with Gasteiger partial charge in [-0.2, -0.15) is 13.2 Å². The van der Waals surface area contributed by atoms with Crippen molar-refractivity contribution in [2.45, 2.75) is 25.1 Å². The predicted molar refractivity (Wildman–Crippen MR) is 81.0 cm³/mol. The Morgan fingerprint density at radius 2 is 1.75 bits per heavy atom. The number of halogens is 3. The number of hydrogen-bond donors (Lipinski definition) is 2. The van der Waals surface area contributed by atoms with Crippen molar-refractivity contribution in [1.82, 2.24) is 0 Å². The molecule has 0 fully saturated rings. The first-order valence-electron chi connectivity index (χ1n) is 7.23. The molecule has 126 valence electrons. The van der Waals surface area contributed by atoms with Gasteiger partial charge >= 0.3 is 12.1 Å². The third kappa shape index (κ3) is 2.50. The fourth-order valence-electron chi connectivity index (χ4n) is 3.18. The molecule has 0 aliphatic carbocycles. The number of fused-ring (bicyclic) bond motifs is 1. The fraction of sp³-hybridized carbons (Fsp3) is 0.235. The van der Waals surface area contributed by atoms with E-state index in [9.17, 15) is 28.3 Å². The highest BCUT2D eigenvalue weighted by molar-refractivity contribution is 5.85. The molecule has 0 radical (unpaired) electrons. The van der Waals surface area contributed by atoms with Crippen LogP contribution in [0, 0.1) is 0 Å². The van der Waals surface area contributed by atoms with Crippen molar-refractivity contribution < 1.29 is 28.3 Å². The van der Waals surface area contributed by atoms with Gasteiger partial charge in [-0.1, -0.05) is 37.3 Å². The van der Waals surface area contributed by atoms with Gasteiger partial charge in [-0.05, 0) is 28.8 Å². The smallest absolute Gasteiger partial charge is 0.416 e. The van der Waals surface area contributed by atoms with Crippen LogP contribution in [0.15, 0.2) is 42.5 Å². The highest BCUT2D eigenvalue weighted by Gasteiger charge is 2.46. The molecule has 0 spiro atoms. The summed E-state index contributed by atoms with van der Waals surface area (Å²) in [5.41, 5.74) is -0.431. The Kier molecular flexibility index (Phi) is 3.76. The van der Waals surface area contributed by atoms with Crippen LogP contribution < -0.4 is 5.06 Å². The summed E-state index contributed by atoms with van der Waals surface area (Å²) in [6.45, 7) is 1.37. The van der Waals surface area contributed by atoms with Crippen LogP contribution in [0.3, 0.4) is 0 Å². The zero-order valence-corrected chi connectivity index (χ0v) is 12.6. The Hall–Kier alpha value is -2.54. The number of alkyl halides is 3. The van der Waals surface area contributed by atoms with Gasteiger partial charge in [0.2, 0.25) is 0 Å². The molecule has 7 heteroatoms. The second kappa shape index (κ2) is 5.52. The van der Waals surface area contributed by atoms with E-state index in [0.29, 0.717) is 10.6 Å². The van der Waals surface area contributed by atoms with Crippen LogP contribution in [0.25, 0.3) is 11.1 Å². The molecule has 1 heterocycles. The average Bonchev–Trinajstić information content (AvgIpc) is 2.78. The van der Waals surface area contributed by atoms with Crippen LogP contribution in [0.4, 0.5) is 18.9 Å². The largest absolute Gasteiger partial charge is 0.480 e. The van der Waals surface area contributed by atoms with E-state index >= 15 is 0 Å². The van der Waals surface area contributed by atoms with Crippen molar-refractivity contribution in [1.29, 1.82) is 0 Å². The van der Waals surface area contributed by atoms with Crippen molar-refractivity contribution in [3.05, 3.63) is 53.6 Å². The topological polar surface area (TPSA) is 60.8 Å². The first-order chi connectivity index (χ1) is 11.2. The number of benzene rings is 2. The Morgan fingerprint density at radius 1 is 1.12 bits per heavy atom. The number of rotatable bonds is 2. The van der Waals surface area contributed by atoms with Crippen LogP contribution in [0.2, 0.25) is 0 Å². The Labute approximate surface area is 135 Å². The van der Waals surface area contributed by atoms with E-state index in [1.165, 1.54) is 13.0 Å². The Morgan fingerprint density at radius 3 is 2.29 bits per heavy atom. The minimum absolute atomic E-state index is 0.122. The number of aliphatic carboxylic acids is 1. The van der Waals surface area contributed by atoms with E-state index < -0.39 is 29.7 Å². The van der Waals surface area contributed by atoms with Gasteiger partial charge < -0.3 is 5.11 Å². The summed E-state index contributed by atoms with van der Waals surface area (Å²) in [7, 11) is 0. The molecule has 3 rings (SSSR count).